The zero-order valence-corrected chi connectivity index (χ0v) is 19.3. The van der Waals surface area contributed by atoms with E-state index in [0.717, 1.165) is 11.8 Å². The number of hydrogen-bond donors (Lipinski definition) is 3. The molecule has 0 aromatic heterocycles. The average molecular weight is 480 g/mol. The Morgan fingerprint density at radius 3 is 2.56 bits per heavy atom. The molecule has 2 aromatic carbocycles. The molecule has 1 fully saturated rings. The van der Waals surface area contributed by atoms with Crippen molar-refractivity contribution in [2.45, 2.75) is 22.6 Å². The molecule has 2 amide bonds. The van der Waals surface area contributed by atoms with Crippen LogP contribution in [0, 0.1) is 0 Å². The van der Waals surface area contributed by atoms with Gasteiger partial charge < -0.3 is 20.1 Å². The SMILES string of the molecule is CCOc1ccccc1NC(=O)CSC1NCC(S(=O)(=O)c2ccc(OC)cc2)C(=O)N1. The van der Waals surface area contributed by atoms with Crippen LogP contribution in [0.3, 0.4) is 0 Å². The number of amides is 2. The molecule has 3 N–H and O–H groups in total. The molecule has 0 spiro atoms. The van der Waals surface area contributed by atoms with Crippen LogP contribution in [0.4, 0.5) is 5.69 Å². The lowest BCUT2D eigenvalue weighted by molar-refractivity contribution is -0.122. The molecule has 2 atom stereocenters. The molecule has 3 rings (SSSR count). The Morgan fingerprint density at radius 1 is 1.19 bits per heavy atom. The molecule has 1 heterocycles. The van der Waals surface area contributed by atoms with E-state index in [1.54, 1.807) is 18.2 Å². The number of anilines is 1. The summed E-state index contributed by atoms with van der Waals surface area (Å²) in [6.45, 7) is 2.26. The monoisotopic (exact) mass is 479 g/mol. The number of para-hydroxylation sites is 2. The fourth-order valence-electron chi connectivity index (χ4n) is 3.06. The first-order valence-corrected chi connectivity index (χ1v) is 12.5. The highest BCUT2D eigenvalue weighted by Crippen LogP contribution is 2.25. The lowest BCUT2D eigenvalue weighted by Gasteiger charge is -2.29. The number of carbonyl (C=O) groups is 2. The van der Waals surface area contributed by atoms with Gasteiger partial charge in [0.05, 0.1) is 30.1 Å². The Hall–Kier alpha value is -2.76. The number of thioether (sulfide) groups is 1. The molecule has 0 bridgehead atoms. The predicted octanol–water partition coefficient (Wildman–Crippen LogP) is 1.61. The van der Waals surface area contributed by atoms with Gasteiger partial charge in [0, 0.05) is 6.54 Å². The molecule has 0 aliphatic carbocycles. The predicted molar refractivity (Wildman–Crippen MR) is 123 cm³/mol. The van der Waals surface area contributed by atoms with Crippen LogP contribution in [0.15, 0.2) is 53.4 Å². The van der Waals surface area contributed by atoms with E-state index in [9.17, 15) is 18.0 Å². The van der Waals surface area contributed by atoms with E-state index in [4.69, 9.17) is 9.47 Å². The smallest absolute Gasteiger partial charge is 0.241 e. The fraction of sp³-hybridized carbons (Fsp3) is 0.333. The number of sulfone groups is 1. The van der Waals surface area contributed by atoms with Gasteiger partial charge in [-0.1, -0.05) is 12.1 Å². The summed E-state index contributed by atoms with van der Waals surface area (Å²) in [7, 11) is -2.39. The van der Waals surface area contributed by atoms with Crippen molar-refractivity contribution >= 4 is 39.1 Å². The molecule has 1 saturated heterocycles. The summed E-state index contributed by atoms with van der Waals surface area (Å²) in [5.41, 5.74) is -0.0241. The van der Waals surface area contributed by atoms with E-state index in [2.05, 4.69) is 16.0 Å². The molecule has 1 aliphatic heterocycles. The summed E-state index contributed by atoms with van der Waals surface area (Å²) < 4.78 is 36.2. The highest BCUT2D eigenvalue weighted by molar-refractivity contribution is 8.00. The van der Waals surface area contributed by atoms with Gasteiger partial charge in [-0.25, -0.2) is 8.42 Å². The summed E-state index contributed by atoms with van der Waals surface area (Å²) in [5, 5.41) is 7.11. The summed E-state index contributed by atoms with van der Waals surface area (Å²) in [4.78, 5) is 24.9. The number of rotatable bonds is 9. The lowest BCUT2D eigenvalue weighted by atomic mass is 10.3. The Labute approximate surface area is 191 Å². The maximum atomic E-state index is 12.8. The van der Waals surface area contributed by atoms with Gasteiger partial charge in [0.2, 0.25) is 11.8 Å². The van der Waals surface area contributed by atoms with E-state index < -0.39 is 26.5 Å². The van der Waals surface area contributed by atoms with E-state index in [1.807, 2.05) is 13.0 Å². The third kappa shape index (κ3) is 5.72. The molecule has 9 nitrogen and oxygen atoms in total. The van der Waals surface area contributed by atoms with Gasteiger partial charge in [0.25, 0.3) is 0 Å². The number of hydrogen-bond acceptors (Lipinski definition) is 8. The average Bonchev–Trinajstić information content (AvgIpc) is 2.79. The number of benzene rings is 2. The maximum Gasteiger partial charge on any atom is 0.241 e. The van der Waals surface area contributed by atoms with Gasteiger partial charge in [0.1, 0.15) is 17.0 Å². The van der Waals surface area contributed by atoms with Gasteiger partial charge in [-0.15, -0.1) is 11.8 Å². The summed E-state index contributed by atoms with van der Waals surface area (Å²) >= 11 is 1.15. The molecular formula is C21H25N3O6S2. The summed E-state index contributed by atoms with van der Waals surface area (Å²) in [5.74, 6) is 0.261. The lowest BCUT2D eigenvalue weighted by Crippen LogP contribution is -2.59. The van der Waals surface area contributed by atoms with Crippen molar-refractivity contribution in [1.82, 2.24) is 10.6 Å². The molecule has 0 saturated carbocycles. The minimum atomic E-state index is -3.87. The molecule has 11 heteroatoms. The summed E-state index contributed by atoms with van der Waals surface area (Å²) in [6, 6.07) is 13.0. The second-order valence-electron chi connectivity index (χ2n) is 6.79. The van der Waals surface area contributed by atoms with E-state index >= 15 is 0 Å². The van der Waals surface area contributed by atoms with E-state index in [0.29, 0.717) is 23.8 Å². The third-order valence-electron chi connectivity index (χ3n) is 4.66. The minimum Gasteiger partial charge on any atom is -0.497 e. The second-order valence-corrected chi connectivity index (χ2v) is 10.0. The standard InChI is InChI=1S/C21H25N3O6S2/c1-3-30-17-7-5-4-6-16(17)23-19(25)13-31-21-22-12-18(20(26)24-21)32(27,28)15-10-8-14(29-2)9-11-15/h4-11,18,21-22H,3,12-13H2,1-2H3,(H,23,25)(H,24,26). The van der Waals surface area contributed by atoms with Gasteiger partial charge in [-0.2, -0.15) is 0 Å². The fourth-order valence-corrected chi connectivity index (χ4v) is 5.37. The first-order chi connectivity index (χ1) is 15.3. The molecule has 32 heavy (non-hydrogen) atoms. The van der Waals surface area contributed by atoms with Gasteiger partial charge >= 0.3 is 0 Å². The number of ether oxygens (including phenoxy) is 2. The zero-order chi connectivity index (χ0) is 23.1. The van der Waals surface area contributed by atoms with Crippen LogP contribution in [0.5, 0.6) is 11.5 Å². The van der Waals surface area contributed by atoms with Crippen LogP contribution < -0.4 is 25.4 Å². The maximum absolute atomic E-state index is 12.8. The molecule has 172 valence electrons. The van der Waals surface area contributed by atoms with Crippen LogP contribution in [0.25, 0.3) is 0 Å². The van der Waals surface area contributed by atoms with Gasteiger partial charge in [0.15, 0.2) is 15.1 Å². The Kier molecular flexibility index (Phi) is 7.99. The highest BCUT2D eigenvalue weighted by atomic mass is 32.2. The topological polar surface area (TPSA) is 123 Å². The molecule has 2 unspecified atom stereocenters. The Balaban J connectivity index is 1.54. The Bertz CT molecular complexity index is 1060. The van der Waals surface area contributed by atoms with Crippen molar-refractivity contribution < 1.29 is 27.5 Å². The number of nitrogens with one attached hydrogen (secondary N) is 3. The van der Waals surface area contributed by atoms with Crippen LogP contribution in [0.2, 0.25) is 0 Å². The van der Waals surface area contributed by atoms with Crippen molar-refractivity contribution in [3.05, 3.63) is 48.5 Å². The zero-order valence-electron chi connectivity index (χ0n) is 17.7. The normalized spacial score (nSPS) is 18.5. The Morgan fingerprint density at radius 2 is 1.91 bits per heavy atom. The van der Waals surface area contributed by atoms with Crippen LogP contribution >= 0.6 is 11.8 Å². The van der Waals surface area contributed by atoms with Crippen molar-refractivity contribution in [3.8, 4) is 11.5 Å². The largest absolute Gasteiger partial charge is 0.497 e. The number of carbonyl (C=O) groups excluding carboxylic acids is 2. The summed E-state index contributed by atoms with van der Waals surface area (Å²) in [6.07, 6.45) is 0. The van der Waals surface area contributed by atoms with Crippen LogP contribution in [-0.2, 0) is 19.4 Å². The van der Waals surface area contributed by atoms with Crippen molar-refractivity contribution in [2.24, 2.45) is 0 Å². The highest BCUT2D eigenvalue weighted by Gasteiger charge is 2.38. The first kappa shape index (κ1) is 23.9. The molecule has 0 radical (unpaired) electrons. The van der Waals surface area contributed by atoms with E-state index in [1.165, 1.54) is 31.4 Å². The first-order valence-electron chi connectivity index (χ1n) is 9.90. The molecular weight excluding hydrogens is 454 g/mol. The van der Waals surface area contributed by atoms with Crippen molar-refractivity contribution in [1.29, 1.82) is 0 Å². The van der Waals surface area contributed by atoms with E-state index in [-0.39, 0.29) is 23.1 Å². The molecule has 1 aliphatic rings. The third-order valence-corrected chi connectivity index (χ3v) is 7.76. The van der Waals surface area contributed by atoms with Gasteiger partial charge in [-0.3, -0.25) is 14.9 Å². The van der Waals surface area contributed by atoms with Crippen LogP contribution in [0.1, 0.15) is 6.92 Å². The quantitative estimate of drug-likeness (QED) is 0.496. The second kappa shape index (κ2) is 10.7. The van der Waals surface area contributed by atoms with Crippen molar-refractivity contribution in [3.63, 3.8) is 0 Å². The molecule has 2 aromatic rings. The van der Waals surface area contributed by atoms with Crippen molar-refractivity contribution in [2.75, 3.05) is 31.3 Å². The number of methoxy groups -OCH3 is 1. The van der Waals surface area contributed by atoms with Crippen LogP contribution in [-0.4, -0.2) is 57.0 Å². The minimum absolute atomic E-state index is 0.0405. The van der Waals surface area contributed by atoms with Gasteiger partial charge in [-0.05, 0) is 43.3 Å².